The van der Waals surface area contributed by atoms with E-state index in [0.29, 0.717) is 16.1 Å². The van der Waals surface area contributed by atoms with Crippen LogP contribution in [-0.2, 0) is 11.3 Å². The lowest BCUT2D eigenvalue weighted by Gasteiger charge is -2.13. The van der Waals surface area contributed by atoms with Gasteiger partial charge in [-0.2, -0.15) is 5.10 Å². The summed E-state index contributed by atoms with van der Waals surface area (Å²) in [5.41, 5.74) is 7.05. The summed E-state index contributed by atoms with van der Waals surface area (Å²) in [5.74, 6) is -1.28. The zero-order valence-electron chi connectivity index (χ0n) is 14.7. The van der Waals surface area contributed by atoms with Crippen LogP contribution in [0.25, 0.3) is 10.8 Å². The average molecular weight is 385 g/mol. The standard InChI is InChI=1S/C19H17ClN4O3/c1-10-7-11(2)16(14(20)8-10)22-15(25)9-24-19(27)13-6-4-3-5-12(13)17(23-24)18(21)26/h3-8H,9H2,1-2H3,(H2,21,26)(H,22,25). The topological polar surface area (TPSA) is 107 Å². The number of fused-ring (bicyclic) bond motifs is 1. The third-order valence-corrected chi connectivity index (χ3v) is 4.39. The van der Waals surface area contributed by atoms with Gasteiger partial charge in [0.15, 0.2) is 5.69 Å². The van der Waals surface area contributed by atoms with Gasteiger partial charge in [0.05, 0.1) is 16.1 Å². The number of carbonyl (C=O) groups is 2. The Morgan fingerprint density at radius 1 is 1.19 bits per heavy atom. The summed E-state index contributed by atoms with van der Waals surface area (Å²) < 4.78 is 0.926. The van der Waals surface area contributed by atoms with E-state index in [4.69, 9.17) is 17.3 Å². The van der Waals surface area contributed by atoms with E-state index in [1.807, 2.05) is 19.9 Å². The second kappa shape index (κ2) is 7.20. The van der Waals surface area contributed by atoms with Crippen molar-refractivity contribution in [2.45, 2.75) is 20.4 Å². The number of amides is 2. The molecule has 27 heavy (non-hydrogen) atoms. The fourth-order valence-electron chi connectivity index (χ4n) is 2.91. The van der Waals surface area contributed by atoms with Crippen molar-refractivity contribution in [1.29, 1.82) is 0 Å². The van der Waals surface area contributed by atoms with Crippen LogP contribution in [0.4, 0.5) is 5.69 Å². The van der Waals surface area contributed by atoms with Crippen LogP contribution in [0.3, 0.4) is 0 Å². The lowest BCUT2D eigenvalue weighted by molar-refractivity contribution is -0.117. The van der Waals surface area contributed by atoms with E-state index in [-0.39, 0.29) is 17.6 Å². The Labute approximate surface area is 159 Å². The second-order valence-electron chi connectivity index (χ2n) is 6.21. The van der Waals surface area contributed by atoms with E-state index >= 15 is 0 Å². The number of anilines is 1. The van der Waals surface area contributed by atoms with E-state index in [0.717, 1.165) is 15.8 Å². The van der Waals surface area contributed by atoms with Crippen molar-refractivity contribution in [3.05, 3.63) is 68.6 Å². The first-order valence-electron chi connectivity index (χ1n) is 8.14. The first-order chi connectivity index (χ1) is 12.8. The van der Waals surface area contributed by atoms with Crippen molar-refractivity contribution in [2.75, 3.05) is 5.32 Å². The molecule has 138 valence electrons. The molecule has 0 spiro atoms. The molecular weight excluding hydrogens is 368 g/mol. The van der Waals surface area contributed by atoms with E-state index in [2.05, 4.69) is 10.4 Å². The highest BCUT2D eigenvalue weighted by molar-refractivity contribution is 6.34. The molecule has 0 unspecified atom stereocenters. The monoisotopic (exact) mass is 384 g/mol. The lowest BCUT2D eigenvalue weighted by atomic mass is 10.1. The smallest absolute Gasteiger partial charge is 0.275 e. The van der Waals surface area contributed by atoms with E-state index in [1.165, 1.54) is 0 Å². The largest absolute Gasteiger partial charge is 0.364 e. The van der Waals surface area contributed by atoms with Crippen molar-refractivity contribution in [2.24, 2.45) is 5.73 Å². The van der Waals surface area contributed by atoms with Crippen LogP contribution in [0.2, 0.25) is 5.02 Å². The molecule has 0 fully saturated rings. The van der Waals surface area contributed by atoms with E-state index < -0.39 is 17.4 Å². The minimum Gasteiger partial charge on any atom is -0.364 e. The summed E-state index contributed by atoms with van der Waals surface area (Å²) in [6.45, 7) is 3.34. The highest BCUT2D eigenvalue weighted by Crippen LogP contribution is 2.27. The van der Waals surface area contributed by atoms with Gasteiger partial charge in [-0.1, -0.05) is 35.9 Å². The number of aromatic nitrogens is 2. The number of halogens is 1. The van der Waals surface area contributed by atoms with Crippen molar-refractivity contribution in [3.63, 3.8) is 0 Å². The maximum Gasteiger partial charge on any atom is 0.275 e. The molecule has 0 bridgehead atoms. The molecule has 3 N–H and O–H groups in total. The molecule has 3 aromatic rings. The number of rotatable bonds is 4. The molecule has 2 aromatic carbocycles. The van der Waals surface area contributed by atoms with Crippen LogP contribution in [0.1, 0.15) is 21.6 Å². The maximum absolute atomic E-state index is 12.6. The predicted octanol–water partition coefficient (Wildman–Crippen LogP) is 2.40. The Kier molecular flexibility index (Phi) is 4.96. The normalized spacial score (nSPS) is 10.8. The molecule has 0 atom stereocenters. The van der Waals surface area contributed by atoms with Crippen LogP contribution in [0, 0.1) is 13.8 Å². The van der Waals surface area contributed by atoms with Gasteiger partial charge < -0.3 is 11.1 Å². The van der Waals surface area contributed by atoms with E-state index in [1.54, 1.807) is 30.3 Å². The fraction of sp³-hybridized carbons (Fsp3) is 0.158. The van der Waals surface area contributed by atoms with Crippen molar-refractivity contribution < 1.29 is 9.59 Å². The quantitative estimate of drug-likeness (QED) is 0.720. The number of carbonyl (C=O) groups excluding carboxylic acids is 2. The second-order valence-corrected chi connectivity index (χ2v) is 6.62. The Balaban J connectivity index is 1.97. The van der Waals surface area contributed by atoms with Gasteiger partial charge in [-0.05, 0) is 37.1 Å². The average Bonchev–Trinajstić information content (AvgIpc) is 2.60. The first-order valence-corrected chi connectivity index (χ1v) is 8.52. The van der Waals surface area contributed by atoms with Gasteiger partial charge in [-0.25, -0.2) is 4.68 Å². The minimum atomic E-state index is -0.780. The van der Waals surface area contributed by atoms with Crippen LogP contribution in [0.5, 0.6) is 0 Å². The summed E-state index contributed by atoms with van der Waals surface area (Å²) >= 11 is 6.20. The Hall–Kier alpha value is -3.19. The number of hydrogen-bond acceptors (Lipinski definition) is 4. The molecule has 8 heteroatoms. The number of primary amides is 1. The summed E-state index contributed by atoms with van der Waals surface area (Å²) in [7, 11) is 0. The summed E-state index contributed by atoms with van der Waals surface area (Å²) in [5, 5.41) is 7.68. The van der Waals surface area contributed by atoms with Crippen LogP contribution in [0.15, 0.2) is 41.2 Å². The van der Waals surface area contributed by atoms with Crippen molar-refractivity contribution >= 4 is 39.9 Å². The molecule has 0 aliphatic carbocycles. The Morgan fingerprint density at radius 3 is 2.48 bits per heavy atom. The number of nitrogens with zero attached hydrogens (tertiary/aromatic N) is 2. The van der Waals surface area contributed by atoms with Gasteiger partial charge in [0.25, 0.3) is 11.5 Å². The zero-order valence-corrected chi connectivity index (χ0v) is 15.5. The summed E-state index contributed by atoms with van der Waals surface area (Å²) in [6.07, 6.45) is 0. The van der Waals surface area contributed by atoms with Gasteiger partial charge in [0.1, 0.15) is 6.54 Å². The molecule has 7 nitrogen and oxygen atoms in total. The number of nitrogens with one attached hydrogen (secondary N) is 1. The molecule has 0 saturated heterocycles. The summed E-state index contributed by atoms with van der Waals surface area (Å²) in [4.78, 5) is 36.8. The summed E-state index contributed by atoms with van der Waals surface area (Å²) in [6, 6.07) is 10.1. The Morgan fingerprint density at radius 2 is 1.85 bits per heavy atom. The molecule has 1 heterocycles. The van der Waals surface area contributed by atoms with Gasteiger partial charge >= 0.3 is 0 Å². The molecule has 1 aromatic heterocycles. The number of hydrogen-bond donors (Lipinski definition) is 2. The SMILES string of the molecule is Cc1cc(C)c(NC(=O)Cn2nc(C(N)=O)c3ccccc3c2=O)c(Cl)c1. The van der Waals surface area contributed by atoms with Gasteiger partial charge in [0.2, 0.25) is 5.91 Å². The number of aryl methyl sites for hydroxylation is 2. The molecule has 3 rings (SSSR count). The Bertz CT molecular complexity index is 1110. The van der Waals surface area contributed by atoms with Crippen LogP contribution >= 0.6 is 11.6 Å². The molecule has 0 aliphatic rings. The molecule has 0 radical (unpaired) electrons. The van der Waals surface area contributed by atoms with Gasteiger partial charge in [-0.15, -0.1) is 0 Å². The third-order valence-electron chi connectivity index (χ3n) is 4.09. The molecule has 0 saturated carbocycles. The molecular formula is C19H17ClN4O3. The van der Waals surface area contributed by atoms with Crippen LogP contribution < -0.4 is 16.6 Å². The maximum atomic E-state index is 12.6. The fourth-order valence-corrected chi connectivity index (χ4v) is 3.28. The lowest BCUT2D eigenvalue weighted by Crippen LogP contribution is -2.32. The molecule has 2 amide bonds. The highest BCUT2D eigenvalue weighted by Gasteiger charge is 2.17. The number of benzene rings is 2. The predicted molar refractivity (Wildman–Crippen MR) is 104 cm³/mol. The van der Waals surface area contributed by atoms with E-state index in [9.17, 15) is 14.4 Å². The van der Waals surface area contributed by atoms with Gasteiger partial charge in [0, 0.05) is 5.39 Å². The number of nitrogens with two attached hydrogens (primary N) is 1. The van der Waals surface area contributed by atoms with Crippen LogP contribution in [-0.4, -0.2) is 21.6 Å². The highest BCUT2D eigenvalue weighted by atomic mass is 35.5. The van der Waals surface area contributed by atoms with Crippen molar-refractivity contribution in [1.82, 2.24) is 9.78 Å². The third kappa shape index (κ3) is 3.68. The van der Waals surface area contributed by atoms with Crippen molar-refractivity contribution in [3.8, 4) is 0 Å². The minimum absolute atomic E-state index is 0.0671. The molecule has 0 aliphatic heterocycles. The first kappa shape index (κ1) is 18.6. The zero-order chi connectivity index (χ0) is 19.7. The van der Waals surface area contributed by atoms with Gasteiger partial charge in [-0.3, -0.25) is 14.4 Å².